The Morgan fingerprint density at radius 2 is 1.52 bits per heavy atom. The van der Waals surface area contributed by atoms with Crippen molar-refractivity contribution >= 4 is 60.8 Å². The molecule has 0 saturated carbocycles. The Bertz CT molecular complexity index is 931. The Balaban J connectivity index is 3.38. The molecule has 0 aromatic heterocycles. The van der Waals surface area contributed by atoms with Crippen molar-refractivity contribution < 1.29 is 31.5 Å². The molecule has 1 rings (SSSR count). The molecule has 0 fully saturated rings. The number of sulfonamides is 2. The first kappa shape index (κ1) is 21.6. The third-order valence-corrected chi connectivity index (χ3v) is 5.43. The van der Waals surface area contributed by atoms with Crippen molar-refractivity contribution in [3.8, 4) is 0 Å². The lowest BCUT2D eigenvalue weighted by atomic mass is 10.3. The van der Waals surface area contributed by atoms with Crippen LogP contribution in [0.1, 0.15) is 0 Å². The number of carbonyl (C=O) groups is 2. The summed E-state index contributed by atoms with van der Waals surface area (Å²) >= 11 is 11.6. The largest absolute Gasteiger partial charge is 0.480 e. The number of carboxylic acids is 1. The van der Waals surface area contributed by atoms with E-state index in [1.165, 1.54) is 0 Å². The summed E-state index contributed by atoms with van der Waals surface area (Å²) < 4.78 is 46.3. The zero-order valence-corrected chi connectivity index (χ0v) is 15.3. The highest BCUT2D eigenvalue weighted by Gasteiger charge is 2.27. The van der Waals surface area contributed by atoms with Crippen LogP contribution in [0.3, 0.4) is 0 Å². The van der Waals surface area contributed by atoms with Gasteiger partial charge in [0.05, 0.1) is 28.8 Å². The number of nitrogens with one attached hydrogen (secondary N) is 2. The normalized spacial score (nSPS) is 12.0. The lowest BCUT2D eigenvalue weighted by molar-refractivity contribution is -0.135. The maximum Gasteiger partial charge on any atom is 0.317 e. The quantitative estimate of drug-likeness (QED) is 0.355. The van der Waals surface area contributed by atoms with Gasteiger partial charge in [-0.05, 0) is 6.07 Å². The van der Waals surface area contributed by atoms with Gasteiger partial charge in [0.15, 0.2) is 0 Å². The van der Waals surface area contributed by atoms with Gasteiger partial charge in [-0.3, -0.25) is 14.9 Å². The summed E-state index contributed by atoms with van der Waals surface area (Å²) in [4.78, 5) is 20.5. The number of carboxylic acid groups (broad SMARTS) is 1. The van der Waals surface area contributed by atoms with Crippen LogP contribution >= 0.6 is 23.2 Å². The van der Waals surface area contributed by atoms with Crippen molar-refractivity contribution in [2.24, 2.45) is 10.3 Å². The minimum atomic E-state index is -4.53. The molecule has 0 atom stereocenters. The number of benzene rings is 1. The zero-order chi connectivity index (χ0) is 19.6. The van der Waals surface area contributed by atoms with Crippen molar-refractivity contribution in [1.29, 1.82) is 0 Å². The smallest absolute Gasteiger partial charge is 0.317 e. The van der Waals surface area contributed by atoms with E-state index in [2.05, 4.69) is 10.6 Å². The van der Waals surface area contributed by atoms with Crippen LogP contribution in [0.2, 0.25) is 10.0 Å². The van der Waals surface area contributed by atoms with Gasteiger partial charge in [-0.1, -0.05) is 23.2 Å². The maximum atomic E-state index is 11.8. The average molecular weight is 435 g/mol. The van der Waals surface area contributed by atoms with Crippen molar-refractivity contribution in [2.75, 3.05) is 18.4 Å². The summed E-state index contributed by atoms with van der Waals surface area (Å²) in [7, 11) is -8.96. The number of halogens is 2. The number of carbonyl (C=O) groups excluding carboxylic acids is 1. The summed E-state index contributed by atoms with van der Waals surface area (Å²) in [5, 5.41) is 21.5. The van der Waals surface area contributed by atoms with Gasteiger partial charge in [0.2, 0.25) is 26.0 Å². The molecule has 25 heavy (non-hydrogen) atoms. The van der Waals surface area contributed by atoms with Crippen LogP contribution in [0.25, 0.3) is 0 Å². The van der Waals surface area contributed by atoms with E-state index in [1.807, 2.05) is 0 Å². The fraction of sp³-hybridized carbons (Fsp3) is 0.200. The molecule has 11 nitrogen and oxygen atoms in total. The molecule has 0 radical (unpaired) electrons. The molecule has 0 bridgehead atoms. The van der Waals surface area contributed by atoms with Crippen LogP contribution in [0.5, 0.6) is 0 Å². The molecule has 140 valence electrons. The van der Waals surface area contributed by atoms with Gasteiger partial charge < -0.3 is 10.4 Å². The number of hydrogen-bond acceptors (Lipinski definition) is 7. The van der Waals surface area contributed by atoms with Crippen LogP contribution < -0.4 is 20.9 Å². The molecule has 7 N–H and O–H groups in total. The molecule has 1 amide bonds. The minimum absolute atomic E-state index is 0.513. The highest BCUT2D eigenvalue weighted by atomic mass is 35.5. The van der Waals surface area contributed by atoms with E-state index in [-0.39, 0.29) is 0 Å². The summed E-state index contributed by atoms with van der Waals surface area (Å²) in [6.07, 6.45) is 0. The number of primary sulfonamides is 2. The minimum Gasteiger partial charge on any atom is -0.480 e. The number of rotatable bonds is 7. The molecule has 0 saturated heterocycles. The van der Waals surface area contributed by atoms with Crippen molar-refractivity contribution in [3.05, 3.63) is 16.1 Å². The summed E-state index contributed by atoms with van der Waals surface area (Å²) in [5.41, 5.74) is -0.566. The van der Waals surface area contributed by atoms with Gasteiger partial charge in [-0.25, -0.2) is 27.1 Å². The van der Waals surface area contributed by atoms with Gasteiger partial charge in [-0.15, -0.1) is 0 Å². The van der Waals surface area contributed by atoms with Gasteiger partial charge in [0.1, 0.15) is 9.79 Å². The Hall–Kier alpha value is -1.48. The molecule has 0 aliphatic carbocycles. The summed E-state index contributed by atoms with van der Waals surface area (Å²) in [6, 6.07) is 0.555. The second kappa shape index (κ2) is 7.82. The van der Waals surface area contributed by atoms with Crippen LogP contribution in [-0.2, 0) is 29.6 Å². The van der Waals surface area contributed by atoms with Crippen molar-refractivity contribution in [3.63, 3.8) is 0 Å². The number of aliphatic carboxylic acids is 1. The maximum absolute atomic E-state index is 11.8. The van der Waals surface area contributed by atoms with Crippen LogP contribution in [0.4, 0.5) is 5.69 Å². The van der Waals surface area contributed by atoms with E-state index in [0.29, 0.717) is 6.07 Å². The number of anilines is 1. The SMILES string of the molecule is NS(=O)(=O)c1cc(S(N)(=O)=O)c(NC(=O)CNCC(=O)O)c(Cl)c1Cl. The first-order chi connectivity index (χ1) is 11.2. The van der Waals surface area contributed by atoms with Crippen LogP contribution in [-0.4, -0.2) is 46.9 Å². The fourth-order valence-electron chi connectivity index (χ4n) is 1.60. The molecule has 0 aliphatic rings. The number of hydrogen-bond donors (Lipinski definition) is 5. The van der Waals surface area contributed by atoms with Gasteiger partial charge >= 0.3 is 5.97 Å². The van der Waals surface area contributed by atoms with Crippen LogP contribution in [0, 0.1) is 0 Å². The Morgan fingerprint density at radius 1 is 1.00 bits per heavy atom. The second-order valence-corrected chi connectivity index (χ2v) is 8.33. The van der Waals surface area contributed by atoms with Crippen molar-refractivity contribution in [1.82, 2.24) is 5.32 Å². The second-order valence-electron chi connectivity index (χ2n) is 4.51. The van der Waals surface area contributed by atoms with Gasteiger partial charge in [-0.2, -0.15) is 0 Å². The molecule has 1 aromatic carbocycles. The highest BCUT2D eigenvalue weighted by Crippen LogP contribution is 2.39. The molecular weight excluding hydrogens is 423 g/mol. The van der Waals surface area contributed by atoms with E-state index in [4.69, 9.17) is 38.6 Å². The van der Waals surface area contributed by atoms with Gasteiger partial charge in [0, 0.05) is 0 Å². The zero-order valence-electron chi connectivity index (χ0n) is 12.1. The van der Waals surface area contributed by atoms with Crippen molar-refractivity contribution in [2.45, 2.75) is 9.79 Å². The Labute approximate surface area is 152 Å². The fourth-order valence-corrected chi connectivity index (χ4v) is 3.86. The predicted octanol–water partition coefficient (Wildman–Crippen LogP) is -1.10. The standard InChI is InChI=1S/C10H12Cl2N4O7S2/c11-8-4(24(13,20)21)1-5(25(14,22)23)10(9(8)12)16-6(17)2-15-3-7(18)19/h1,15H,2-3H2,(H,16,17)(H,18,19)(H2,13,20,21)(H2,14,22,23). The predicted molar refractivity (Wildman–Crippen MR) is 88.3 cm³/mol. The molecular formula is C10H12Cl2N4O7S2. The third-order valence-electron chi connectivity index (χ3n) is 2.58. The number of nitrogens with two attached hydrogens (primary N) is 2. The summed E-state index contributed by atoms with van der Waals surface area (Å²) in [5.74, 6) is -2.11. The lowest BCUT2D eigenvalue weighted by Gasteiger charge is -2.15. The molecule has 1 aromatic rings. The van der Waals surface area contributed by atoms with E-state index in [0.717, 1.165) is 0 Å². The van der Waals surface area contributed by atoms with E-state index >= 15 is 0 Å². The van der Waals surface area contributed by atoms with E-state index in [1.54, 1.807) is 0 Å². The van der Waals surface area contributed by atoms with E-state index < -0.39 is 70.5 Å². The first-order valence-electron chi connectivity index (χ1n) is 6.05. The molecule has 0 spiro atoms. The first-order valence-corrected chi connectivity index (χ1v) is 9.90. The molecule has 15 heteroatoms. The monoisotopic (exact) mass is 434 g/mol. The number of amides is 1. The Morgan fingerprint density at radius 3 is 1.96 bits per heavy atom. The summed E-state index contributed by atoms with van der Waals surface area (Å²) in [6.45, 7) is -1.05. The highest BCUT2D eigenvalue weighted by molar-refractivity contribution is 7.90. The molecule has 0 unspecified atom stereocenters. The van der Waals surface area contributed by atoms with E-state index in [9.17, 15) is 26.4 Å². The average Bonchev–Trinajstić information content (AvgIpc) is 2.40. The molecule has 0 heterocycles. The molecule has 0 aliphatic heterocycles. The van der Waals surface area contributed by atoms with Gasteiger partial charge in [0.25, 0.3) is 0 Å². The van der Waals surface area contributed by atoms with Crippen LogP contribution in [0.15, 0.2) is 15.9 Å². The topological polar surface area (TPSA) is 199 Å². The Kier molecular flexibility index (Phi) is 6.74. The third kappa shape index (κ3) is 5.78. The lowest BCUT2D eigenvalue weighted by Crippen LogP contribution is -2.32.